The minimum atomic E-state index is -0.860. The van der Waals surface area contributed by atoms with E-state index in [-0.39, 0.29) is 24.3 Å². The fraction of sp³-hybridized carbons (Fsp3) is 0.429. The van der Waals surface area contributed by atoms with E-state index in [2.05, 4.69) is 37.2 Å². The number of halogens is 1. The number of fused-ring (bicyclic) bond motifs is 3. The average Bonchev–Trinajstić information content (AvgIpc) is 3.31. The summed E-state index contributed by atoms with van der Waals surface area (Å²) in [5.74, 6) is 0.131. The monoisotopic (exact) mass is 597 g/mol. The van der Waals surface area contributed by atoms with Gasteiger partial charge in [0.15, 0.2) is 5.75 Å². The van der Waals surface area contributed by atoms with Crippen LogP contribution in [0.4, 0.5) is 20.7 Å². The number of esters is 1. The predicted octanol–water partition coefficient (Wildman–Crippen LogP) is 3.71. The summed E-state index contributed by atoms with van der Waals surface area (Å²) < 4.78 is 30.9. The van der Waals surface area contributed by atoms with E-state index >= 15 is 0 Å². The third-order valence-corrected chi connectivity index (χ3v) is 6.40. The number of carbonyl (C=O) groups excluding carboxylic acids is 2. The Hall–Kier alpha value is -4.63. The number of nitrogens with zero attached hydrogens (tertiary/aromatic N) is 6. The Morgan fingerprint density at radius 2 is 1.86 bits per heavy atom. The minimum absolute atomic E-state index is 0.00110. The van der Waals surface area contributed by atoms with E-state index in [9.17, 15) is 14.0 Å². The molecule has 1 aromatic carbocycles. The number of ether oxygens (including phenoxy) is 3. The number of H-pyrrole nitrogens is 1. The van der Waals surface area contributed by atoms with Crippen LogP contribution in [0.3, 0.4) is 0 Å². The van der Waals surface area contributed by atoms with Crippen LogP contribution in [-0.2, 0) is 14.3 Å². The van der Waals surface area contributed by atoms with Crippen LogP contribution in [-0.4, -0.2) is 88.9 Å². The van der Waals surface area contributed by atoms with Crippen molar-refractivity contribution in [2.75, 3.05) is 51.2 Å². The smallest absolute Gasteiger partial charge is 0.416 e. The molecule has 4 N–H and O–H groups in total. The van der Waals surface area contributed by atoms with Crippen LogP contribution < -0.4 is 20.7 Å². The van der Waals surface area contributed by atoms with Crippen molar-refractivity contribution in [3.8, 4) is 11.8 Å². The zero-order chi connectivity index (χ0) is 31.1. The van der Waals surface area contributed by atoms with Gasteiger partial charge in [-0.1, -0.05) is 13.3 Å². The molecule has 0 aliphatic carbocycles. The Bertz CT molecular complexity index is 1580. The van der Waals surface area contributed by atoms with Crippen LogP contribution in [0.25, 0.3) is 21.9 Å². The number of carbonyl (C=O) groups is 2. The Kier molecular flexibility index (Phi) is 10.2. The maximum Gasteiger partial charge on any atom is 0.416 e. The van der Waals surface area contributed by atoms with Crippen LogP contribution in [0.1, 0.15) is 32.0 Å². The van der Waals surface area contributed by atoms with Gasteiger partial charge in [-0.05, 0) is 46.0 Å². The van der Waals surface area contributed by atoms with Crippen LogP contribution in [0.2, 0.25) is 0 Å². The Balaban J connectivity index is 1.68. The highest BCUT2D eigenvalue weighted by Crippen LogP contribution is 2.37. The number of benzene rings is 1. The van der Waals surface area contributed by atoms with E-state index in [0.29, 0.717) is 52.3 Å². The first-order valence-corrected chi connectivity index (χ1v) is 13.8. The molecule has 0 spiro atoms. The number of amides is 1. The molecule has 0 aliphatic rings. The molecule has 1 unspecified atom stereocenters. The lowest BCUT2D eigenvalue weighted by Gasteiger charge is -2.18. The molecule has 14 nitrogen and oxygen atoms in total. The van der Waals surface area contributed by atoms with E-state index in [1.165, 1.54) is 31.6 Å². The number of anilines is 2. The molecule has 4 aromatic rings. The number of hydrogen-bond donors (Lipinski definition) is 3. The van der Waals surface area contributed by atoms with Gasteiger partial charge in [0.25, 0.3) is 0 Å². The summed E-state index contributed by atoms with van der Waals surface area (Å²) in [5, 5.41) is 4.21. The molecule has 3 heterocycles. The summed E-state index contributed by atoms with van der Waals surface area (Å²) in [5.41, 5.74) is 7.11. The first-order valence-electron chi connectivity index (χ1n) is 13.8. The molecule has 0 fully saturated rings. The average molecular weight is 598 g/mol. The number of nitrogens with two attached hydrogens (primary N) is 1. The van der Waals surface area contributed by atoms with E-state index in [0.717, 1.165) is 17.7 Å². The predicted molar refractivity (Wildman–Crippen MR) is 159 cm³/mol. The van der Waals surface area contributed by atoms with Gasteiger partial charge in [-0.25, -0.2) is 19.2 Å². The number of aromatic amines is 1. The summed E-state index contributed by atoms with van der Waals surface area (Å²) in [7, 11) is 4.82. The maximum absolute atomic E-state index is 15.0. The van der Waals surface area contributed by atoms with Crippen LogP contribution in [0, 0.1) is 12.7 Å². The molecule has 4 rings (SSSR count). The molecule has 15 heteroatoms. The quantitative estimate of drug-likeness (QED) is 0.151. The molecule has 1 amide bonds. The van der Waals surface area contributed by atoms with Gasteiger partial charge >= 0.3 is 18.1 Å². The highest BCUT2D eigenvalue weighted by atomic mass is 19.1. The number of hydrogen-bond acceptors (Lipinski definition) is 12. The second-order valence-electron chi connectivity index (χ2n) is 10.2. The standard InChI is InChI=1S/C28H36FN9O5/c1-6-7-18(30)8-9-31-25-23-20-10-17(29)11-21(38(5)28(40)42-15-41-22(39)14-37(3)4)24(20)34-26(23)36-27(35-25)43-19-12-32-16(2)33-13-19/h10-13,18H,6-9,14-15,30H2,1-5H3,(H2,31,34,35,36). The molecular formula is C28H36FN9O5. The fourth-order valence-corrected chi connectivity index (χ4v) is 4.34. The zero-order valence-electron chi connectivity index (χ0n) is 24.8. The zero-order valence-corrected chi connectivity index (χ0v) is 24.8. The SMILES string of the molecule is CCCC(N)CCNc1nc(Oc2cnc(C)nc2)nc2[nH]c3c(N(C)C(=O)OCOC(=O)CN(C)C)cc(F)cc3c12. The number of nitrogens with one attached hydrogen (secondary N) is 2. The molecule has 0 radical (unpaired) electrons. The number of aromatic nitrogens is 5. The van der Waals surface area contributed by atoms with E-state index in [1.54, 1.807) is 25.9 Å². The first-order chi connectivity index (χ1) is 20.5. The van der Waals surface area contributed by atoms with Crippen LogP contribution >= 0.6 is 0 Å². The van der Waals surface area contributed by atoms with E-state index in [4.69, 9.17) is 19.9 Å². The lowest BCUT2D eigenvalue weighted by Crippen LogP contribution is -2.30. The van der Waals surface area contributed by atoms with Crippen molar-refractivity contribution in [1.82, 2.24) is 29.8 Å². The summed E-state index contributed by atoms with van der Waals surface area (Å²) in [6.45, 7) is 3.75. The molecule has 0 bridgehead atoms. The summed E-state index contributed by atoms with van der Waals surface area (Å²) in [6, 6.07) is 2.51. The van der Waals surface area contributed by atoms with Crippen molar-refractivity contribution < 1.29 is 28.2 Å². The van der Waals surface area contributed by atoms with Gasteiger partial charge in [0, 0.05) is 25.0 Å². The molecule has 0 aliphatic heterocycles. The summed E-state index contributed by atoms with van der Waals surface area (Å²) in [6.07, 6.45) is 4.67. The molecule has 0 saturated carbocycles. The first kappa shape index (κ1) is 31.3. The van der Waals surface area contributed by atoms with Crippen molar-refractivity contribution in [1.29, 1.82) is 0 Å². The van der Waals surface area contributed by atoms with Gasteiger partial charge in [0.2, 0.25) is 6.79 Å². The third kappa shape index (κ3) is 8.02. The lowest BCUT2D eigenvalue weighted by atomic mass is 10.1. The number of aryl methyl sites for hydroxylation is 1. The molecule has 43 heavy (non-hydrogen) atoms. The Morgan fingerprint density at radius 1 is 1.12 bits per heavy atom. The topological polar surface area (TPSA) is 174 Å². The number of likely N-dealkylation sites (N-methyl/N-ethyl adjacent to an activating group) is 1. The van der Waals surface area contributed by atoms with E-state index in [1.807, 2.05) is 0 Å². The Morgan fingerprint density at radius 3 is 2.56 bits per heavy atom. The minimum Gasteiger partial charge on any atom is -0.427 e. The lowest BCUT2D eigenvalue weighted by molar-refractivity contribution is -0.152. The third-order valence-electron chi connectivity index (χ3n) is 6.40. The van der Waals surface area contributed by atoms with Gasteiger partial charge in [-0.2, -0.15) is 9.97 Å². The van der Waals surface area contributed by atoms with E-state index < -0.39 is 24.7 Å². The normalized spacial score (nSPS) is 12.0. The van der Waals surface area contributed by atoms with Crippen molar-refractivity contribution >= 4 is 45.5 Å². The maximum atomic E-state index is 15.0. The van der Waals surface area contributed by atoms with Crippen molar-refractivity contribution in [2.45, 2.75) is 39.2 Å². The fourth-order valence-electron chi connectivity index (χ4n) is 4.34. The summed E-state index contributed by atoms with van der Waals surface area (Å²) in [4.78, 5) is 47.8. The molecular weight excluding hydrogens is 561 g/mol. The van der Waals surface area contributed by atoms with Gasteiger partial charge < -0.3 is 30.2 Å². The second-order valence-corrected chi connectivity index (χ2v) is 10.2. The van der Waals surface area contributed by atoms with Crippen molar-refractivity contribution in [3.63, 3.8) is 0 Å². The number of rotatable bonds is 13. The van der Waals surface area contributed by atoms with Gasteiger partial charge in [0.1, 0.15) is 23.1 Å². The van der Waals surface area contributed by atoms with Gasteiger partial charge in [0.05, 0.1) is 35.5 Å². The molecule has 0 saturated heterocycles. The van der Waals surface area contributed by atoms with Crippen LogP contribution in [0.5, 0.6) is 11.8 Å². The Labute approximate surface area is 247 Å². The van der Waals surface area contributed by atoms with Crippen LogP contribution in [0.15, 0.2) is 24.5 Å². The molecule has 3 aromatic heterocycles. The molecule has 230 valence electrons. The van der Waals surface area contributed by atoms with Crippen molar-refractivity contribution in [3.05, 3.63) is 36.2 Å². The van der Waals surface area contributed by atoms with Crippen molar-refractivity contribution in [2.24, 2.45) is 5.73 Å². The highest BCUT2D eigenvalue weighted by molar-refractivity contribution is 6.15. The summed E-state index contributed by atoms with van der Waals surface area (Å²) >= 11 is 0. The highest BCUT2D eigenvalue weighted by Gasteiger charge is 2.23. The second kappa shape index (κ2) is 14.0. The van der Waals surface area contributed by atoms with Gasteiger partial charge in [-0.15, -0.1) is 0 Å². The molecule has 1 atom stereocenters. The van der Waals surface area contributed by atoms with Gasteiger partial charge in [-0.3, -0.25) is 14.6 Å². The largest absolute Gasteiger partial charge is 0.427 e.